The highest BCUT2D eigenvalue weighted by Gasteiger charge is 2.07. The summed E-state index contributed by atoms with van der Waals surface area (Å²) in [5.74, 6) is -0.845. The van der Waals surface area contributed by atoms with Gasteiger partial charge in [-0.2, -0.15) is 0 Å². The molecule has 88 valence electrons. The van der Waals surface area contributed by atoms with E-state index in [9.17, 15) is 14.2 Å². The van der Waals surface area contributed by atoms with Crippen molar-refractivity contribution in [2.24, 2.45) is 0 Å². The van der Waals surface area contributed by atoms with Crippen LogP contribution in [0, 0.1) is 0 Å². The summed E-state index contributed by atoms with van der Waals surface area (Å²) in [5, 5.41) is 0. The fourth-order valence-corrected chi connectivity index (χ4v) is 1.61. The maximum Gasteiger partial charge on any atom is 0.307 e. The molecule has 0 aliphatic heterocycles. The van der Waals surface area contributed by atoms with Gasteiger partial charge in [0.15, 0.2) is 8.03 Å². The number of hydrogen-bond acceptors (Lipinski definition) is 6. The van der Waals surface area contributed by atoms with Crippen LogP contribution in [0.3, 0.4) is 0 Å². The monoisotopic (exact) mass is 238 g/mol. The van der Waals surface area contributed by atoms with Crippen molar-refractivity contribution in [2.45, 2.75) is 12.8 Å². The van der Waals surface area contributed by atoms with E-state index in [-0.39, 0.29) is 25.6 Å². The van der Waals surface area contributed by atoms with E-state index in [1.807, 2.05) is 0 Å². The van der Waals surface area contributed by atoms with Gasteiger partial charge >= 0.3 is 11.9 Å². The molecule has 1 atom stereocenters. The van der Waals surface area contributed by atoms with Gasteiger partial charge < -0.3 is 14.0 Å². The molecular weight excluding hydrogens is 223 g/mol. The van der Waals surface area contributed by atoms with Gasteiger partial charge in [-0.3, -0.25) is 14.2 Å². The number of hydrogen-bond donors (Lipinski definition) is 0. The van der Waals surface area contributed by atoms with Crippen LogP contribution in [-0.4, -0.2) is 38.9 Å². The summed E-state index contributed by atoms with van der Waals surface area (Å²) in [6.07, 6.45) is 0.260. The van der Waals surface area contributed by atoms with Gasteiger partial charge in [-0.1, -0.05) is 0 Å². The molecule has 0 spiro atoms. The van der Waals surface area contributed by atoms with Crippen LogP contribution in [0.1, 0.15) is 12.8 Å². The Morgan fingerprint density at radius 3 is 2.13 bits per heavy atom. The average molecular weight is 238 g/mol. The number of carbonyl (C=O) groups is 2. The van der Waals surface area contributed by atoms with Crippen LogP contribution in [0.4, 0.5) is 0 Å². The van der Waals surface area contributed by atoms with Gasteiger partial charge in [0, 0.05) is 6.16 Å². The molecule has 0 aromatic rings. The molecule has 0 radical (unpaired) electrons. The highest BCUT2D eigenvalue weighted by atomic mass is 31.1. The van der Waals surface area contributed by atoms with Gasteiger partial charge in [-0.05, 0) is 0 Å². The predicted molar refractivity (Wildman–Crippen MR) is 53.1 cm³/mol. The quantitative estimate of drug-likeness (QED) is 0.477. The highest BCUT2D eigenvalue weighted by molar-refractivity contribution is 7.39. The molecule has 0 rings (SSSR count). The molecule has 0 bridgehead atoms. The lowest BCUT2D eigenvalue weighted by atomic mass is 10.5. The Morgan fingerprint density at radius 1 is 1.07 bits per heavy atom. The largest absolute Gasteiger partial charge is 0.469 e. The Morgan fingerprint density at radius 2 is 1.60 bits per heavy atom. The SMILES string of the molecule is COC(=O)CCO[PH](=O)CCC(=O)OC. The van der Waals surface area contributed by atoms with Crippen molar-refractivity contribution in [3.8, 4) is 0 Å². The van der Waals surface area contributed by atoms with Gasteiger partial charge in [0.2, 0.25) is 0 Å². The minimum atomic E-state index is -2.26. The molecule has 1 unspecified atom stereocenters. The predicted octanol–water partition coefficient (Wildman–Crippen LogP) is 0.604. The van der Waals surface area contributed by atoms with Crippen LogP contribution in [0.2, 0.25) is 0 Å². The second-order valence-electron chi connectivity index (χ2n) is 2.62. The van der Waals surface area contributed by atoms with Crippen molar-refractivity contribution in [1.29, 1.82) is 0 Å². The third kappa shape index (κ3) is 8.15. The Bertz CT molecular complexity index is 239. The lowest BCUT2D eigenvalue weighted by Gasteiger charge is -2.02. The minimum absolute atomic E-state index is 0.0473. The van der Waals surface area contributed by atoms with Crippen molar-refractivity contribution in [1.82, 2.24) is 0 Å². The number of rotatable bonds is 7. The van der Waals surface area contributed by atoms with Crippen LogP contribution in [0.5, 0.6) is 0 Å². The first-order valence-corrected chi connectivity index (χ1v) is 5.91. The molecule has 0 aliphatic rings. The number of methoxy groups -OCH3 is 2. The average Bonchev–Trinajstić information content (AvgIpc) is 2.25. The lowest BCUT2D eigenvalue weighted by molar-refractivity contribution is -0.141. The van der Waals surface area contributed by atoms with Crippen LogP contribution in [-0.2, 0) is 28.2 Å². The Balaban J connectivity index is 3.49. The Kier molecular flexibility index (Phi) is 7.95. The maximum atomic E-state index is 11.1. The van der Waals surface area contributed by atoms with Gasteiger partial charge in [0.1, 0.15) is 0 Å². The van der Waals surface area contributed by atoms with E-state index in [4.69, 9.17) is 4.52 Å². The van der Waals surface area contributed by atoms with E-state index >= 15 is 0 Å². The van der Waals surface area contributed by atoms with Gasteiger partial charge in [-0.15, -0.1) is 0 Å². The summed E-state index contributed by atoms with van der Waals surface area (Å²) < 4.78 is 24.7. The summed E-state index contributed by atoms with van der Waals surface area (Å²) in [7, 11) is 0.271. The molecule has 0 saturated heterocycles. The second-order valence-corrected chi connectivity index (χ2v) is 4.16. The maximum absolute atomic E-state index is 11.1. The first-order chi connectivity index (χ1) is 7.10. The van der Waals surface area contributed by atoms with Crippen LogP contribution in [0.15, 0.2) is 0 Å². The number of ether oxygens (including phenoxy) is 2. The van der Waals surface area contributed by atoms with E-state index in [0.29, 0.717) is 0 Å². The molecule has 0 aliphatic carbocycles. The van der Waals surface area contributed by atoms with E-state index in [1.165, 1.54) is 14.2 Å². The summed E-state index contributed by atoms with van der Waals surface area (Å²) in [6, 6.07) is 0. The molecule has 0 amide bonds. The molecule has 0 aromatic heterocycles. The standard InChI is InChI=1S/C8H15O6P/c1-12-7(9)3-5-14-15(11)6-4-8(10)13-2/h15H,3-6H2,1-2H3. The van der Waals surface area contributed by atoms with Crippen molar-refractivity contribution in [2.75, 3.05) is 27.0 Å². The van der Waals surface area contributed by atoms with Crippen LogP contribution >= 0.6 is 8.03 Å². The number of carbonyl (C=O) groups excluding carboxylic acids is 2. The van der Waals surface area contributed by atoms with Crippen LogP contribution in [0.25, 0.3) is 0 Å². The topological polar surface area (TPSA) is 78.9 Å². The fraction of sp³-hybridized carbons (Fsp3) is 0.750. The molecule has 15 heavy (non-hydrogen) atoms. The molecule has 6 nitrogen and oxygen atoms in total. The minimum Gasteiger partial charge on any atom is -0.469 e. The van der Waals surface area contributed by atoms with Crippen molar-refractivity contribution in [3.63, 3.8) is 0 Å². The second kappa shape index (κ2) is 8.44. The first-order valence-electron chi connectivity index (χ1n) is 4.39. The van der Waals surface area contributed by atoms with Gasteiger partial charge in [0.25, 0.3) is 0 Å². The Hall–Kier alpha value is -0.870. The van der Waals surface area contributed by atoms with E-state index in [1.54, 1.807) is 0 Å². The third-order valence-corrected chi connectivity index (χ3v) is 2.74. The zero-order chi connectivity index (χ0) is 11.7. The normalized spacial score (nSPS) is 11.9. The molecule has 0 saturated carbocycles. The zero-order valence-corrected chi connectivity index (χ0v) is 9.78. The van der Waals surface area contributed by atoms with E-state index in [2.05, 4.69) is 9.47 Å². The fourth-order valence-electron chi connectivity index (χ4n) is 0.729. The van der Waals surface area contributed by atoms with Crippen molar-refractivity contribution in [3.05, 3.63) is 0 Å². The first kappa shape index (κ1) is 14.1. The summed E-state index contributed by atoms with van der Waals surface area (Å²) in [6.45, 7) is 0.0473. The molecule has 0 heterocycles. The molecule has 0 N–H and O–H groups in total. The van der Waals surface area contributed by atoms with Crippen molar-refractivity contribution >= 4 is 20.0 Å². The van der Waals surface area contributed by atoms with Crippen molar-refractivity contribution < 1.29 is 28.2 Å². The van der Waals surface area contributed by atoms with Crippen LogP contribution < -0.4 is 0 Å². The molecule has 0 aromatic carbocycles. The van der Waals surface area contributed by atoms with E-state index in [0.717, 1.165) is 0 Å². The van der Waals surface area contributed by atoms with Gasteiger partial charge in [0.05, 0.1) is 33.7 Å². The molecular formula is C8H15O6P. The zero-order valence-electron chi connectivity index (χ0n) is 8.78. The molecule has 0 fully saturated rings. The highest BCUT2D eigenvalue weighted by Crippen LogP contribution is 2.23. The third-order valence-electron chi connectivity index (χ3n) is 1.56. The summed E-state index contributed by atoms with van der Waals surface area (Å²) in [5.41, 5.74) is 0. The summed E-state index contributed by atoms with van der Waals surface area (Å²) in [4.78, 5) is 21.3. The van der Waals surface area contributed by atoms with Gasteiger partial charge in [-0.25, -0.2) is 0 Å². The Labute approximate surface area is 88.7 Å². The molecule has 7 heteroatoms. The smallest absolute Gasteiger partial charge is 0.307 e. The lowest BCUT2D eigenvalue weighted by Crippen LogP contribution is -2.05. The van der Waals surface area contributed by atoms with E-state index < -0.39 is 20.0 Å². The summed E-state index contributed by atoms with van der Waals surface area (Å²) >= 11 is 0. The number of esters is 2.